The normalized spacial score (nSPS) is 10.4. The number of aryl methyl sites for hydroxylation is 1. The number of nitrogen functional groups attached to an aromatic ring is 1. The molecule has 2 N–H and O–H groups in total. The van der Waals surface area contributed by atoms with Crippen molar-refractivity contribution in [3.63, 3.8) is 0 Å². The van der Waals surface area contributed by atoms with Crippen molar-refractivity contribution in [3.05, 3.63) is 36.5 Å². The molecule has 0 radical (unpaired) electrons. The van der Waals surface area contributed by atoms with Crippen LogP contribution in [0.4, 0.5) is 5.95 Å². The monoisotopic (exact) mass is 187 g/mol. The number of hydrogen-bond donors (Lipinski definition) is 1. The zero-order valence-electron chi connectivity index (χ0n) is 8.14. The van der Waals surface area contributed by atoms with E-state index in [4.69, 9.17) is 5.73 Å². The van der Waals surface area contributed by atoms with E-state index in [-0.39, 0.29) is 0 Å². The molecule has 3 heteroatoms. The van der Waals surface area contributed by atoms with E-state index in [1.807, 2.05) is 48.0 Å². The first-order valence-electron chi connectivity index (χ1n) is 4.69. The highest BCUT2D eigenvalue weighted by molar-refractivity contribution is 5.59. The Morgan fingerprint density at radius 3 is 2.57 bits per heavy atom. The molecule has 0 saturated carbocycles. The van der Waals surface area contributed by atoms with Gasteiger partial charge in [-0.3, -0.25) is 0 Å². The fourth-order valence-corrected chi connectivity index (χ4v) is 1.43. The second kappa shape index (κ2) is 3.54. The van der Waals surface area contributed by atoms with Crippen LogP contribution in [0.15, 0.2) is 36.5 Å². The molecule has 0 aliphatic heterocycles. The number of benzene rings is 1. The Labute approximate surface area is 83.2 Å². The Morgan fingerprint density at radius 1 is 1.29 bits per heavy atom. The van der Waals surface area contributed by atoms with Gasteiger partial charge >= 0.3 is 0 Å². The van der Waals surface area contributed by atoms with Crippen molar-refractivity contribution in [2.75, 3.05) is 5.73 Å². The largest absolute Gasteiger partial charge is 0.369 e. The molecule has 0 atom stereocenters. The van der Waals surface area contributed by atoms with Gasteiger partial charge in [-0.15, -0.1) is 0 Å². The molecule has 1 aromatic heterocycles. The molecule has 0 bridgehead atoms. The van der Waals surface area contributed by atoms with Gasteiger partial charge in [0.05, 0.1) is 5.69 Å². The van der Waals surface area contributed by atoms with Crippen LogP contribution in [0.2, 0.25) is 0 Å². The first-order valence-corrected chi connectivity index (χ1v) is 4.69. The Balaban J connectivity index is 2.43. The topological polar surface area (TPSA) is 43.8 Å². The van der Waals surface area contributed by atoms with Gasteiger partial charge in [0.2, 0.25) is 5.95 Å². The number of nitrogens with two attached hydrogens (primary N) is 1. The number of imidazole rings is 1. The van der Waals surface area contributed by atoms with Crippen LogP contribution in [0.25, 0.3) is 11.3 Å². The maximum absolute atomic E-state index is 5.74. The summed E-state index contributed by atoms with van der Waals surface area (Å²) >= 11 is 0. The van der Waals surface area contributed by atoms with Crippen LogP contribution in [-0.4, -0.2) is 9.55 Å². The van der Waals surface area contributed by atoms with Gasteiger partial charge in [-0.2, -0.15) is 0 Å². The van der Waals surface area contributed by atoms with E-state index in [1.165, 1.54) is 0 Å². The van der Waals surface area contributed by atoms with Gasteiger partial charge in [-0.25, -0.2) is 4.98 Å². The first kappa shape index (κ1) is 8.81. The molecule has 1 aromatic carbocycles. The predicted octanol–water partition coefficient (Wildman–Crippen LogP) is 2.15. The highest BCUT2D eigenvalue weighted by Gasteiger charge is 2.04. The molecular formula is C11H13N3. The second-order valence-electron chi connectivity index (χ2n) is 3.14. The van der Waals surface area contributed by atoms with Gasteiger partial charge in [0.1, 0.15) is 0 Å². The minimum absolute atomic E-state index is 0.575. The summed E-state index contributed by atoms with van der Waals surface area (Å²) in [6.07, 6.45) is 1.98. The maximum atomic E-state index is 5.74. The van der Waals surface area contributed by atoms with E-state index in [1.54, 1.807) is 0 Å². The van der Waals surface area contributed by atoms with E-state index in [9.17, 15) is 0 Å². The molecule has 2 rings (SSSR count). The van der Waals surface area contributed by atoms with Gasteiger partial charge in [0.25, 0.3) is 0 Å². The highest BCUT2D eigenvalue weighted by Crippen LogP contribution is 2.18. The summed E-state index contributed by atoms with van der Waals surface area (Å²) in [7, 11) is 0. The van der Waals surface area contributed by atoms with Gasteiger partial charge < -0.3 is 10.3 Å². The number of nitrogens with zero attached hydrogens (tertiary/aromatic N) is 2. The van der Waals surface area contributed by atoms with Crippen molar-refractivity contribution in [1.29, 1.82) is 0 Å². The van der Waals surface area contributed by atoms with Crippen molar-refractivity contribution in [3.8, 4) is 11.3 Å². The number of hydrogen-bond acceptors (Lipinski definition) is 2. The molecule has 0 aliphatic rings. The van der Waals surface area contributed by atoms with Crippen LogP contribution >= 0.6 is 0 Å². The third-order valence-electron chi connectivity index (χ3n) is 2.22. The zero-order chi connectivity index (χ0) is 9.97. The molecular weight excluding hydrogens is 174 g/mol. The molecule has 2 aromatic rings. The molecule has 72 valence electrons. The lowest BCUT2D eigenvalue weighted by Crippen LogP contribution is -1.98. The predicted molar refractivity (Wildman–Crippen MR) is 57.7 cm³/mol. The molecule has 1 heterocycles. The second-order valence-corrected chi connectivity index (χ2v) is 3.14. The first-order chi connectivity index (χ1) is 6.81. The Bertz CT molecular complexity index is 417. The molecule has 0 aliphatic carbocycles. The number of rotatable bonds is 2. The van der Waals surface area contributed by atoms with Crippen molar-refractivity contribution in [2.24, 2.45) is 0 Å². The highest BCUT2D eigenvalue weighted by atomic mass is 15.1. The lowest BCUT2D eigenvalue weighted by atomic mass is 10.2. The molecule has 0 unspecified atom stereocenters. The summed E-state index contributed by atoms with van der Waals surface area (Å²) < 4.78 is 1.93. The molecule has 0 spiro atoms. The van der Waals surface area contributed by atoms with E-state index < -0.39 is 0 Å². The fourth-order valence-electron chi connectivity index (χ4n) is 1.43. The van der Waals surface area contributed by atoms with Gasteiger partial charge in [-0.05, 0) is 6.92 Å². The van der Waals surface area contributed by atoms with E-state index in [0.717, 1.165) is 17.8 Å². The Kier molecular flexibility index (Phi) is 2.23. The summed E-state index contributed by atoms with van der Waals surface area (Å²) in [6, 6.07) is 10.0. The van der Waals surface area contributed by atoms with Crippen molar-refractivity contribution >= 4 is 5.95 Å². The minimum atomic E-state index is 0.575. The SMILES string of the molecule is CCn1cc(-c2ccccc2)nc1N. The third-order valence-corrected chi connectivity index (χ3v) is 2.22. The van der Waals surface area contributed by atoms with Crippen LogP contribution in [-0.2, 0) is 6.54 Å². The summed E-state index contributed by atoms with van der Waals surface area (Å²) in [6.45, 7) is 2.90. The minimum Gasteiger partial charge on any atom is -0.369 e. The van der Waals surface area contributed by atoms with Crippen molar-refractivity contribution in [2.45, 2.75) is 13.5 Å². The van der Waals surface area contributed by atoms with Gasteiger partial charge in [0.15, 0.2) is 0 Å². The number of anilines is 1. The van der Waals surface area contributed by atoms with Gasteiger partial charge in [-0.1, -0.05) is 30.3 Å². The van der Waals surface area contributed by atoms with E-state index >= 15 is 0 Å². The maximum Gasteiger partial charge on any atom is 0.200 e. The number of aromatic nitrogens is 2. The molecule has 0 fully saturated rings. The van der Waals surface area contributed by atoms with Crippen LogP contribution in [0, 0.1) is 0 Å². The Morgan fingerprint density at radius 2 is 2.00 bits per heavy atom. The van der Waals surface area contributed by atoms with Crippen molar-refractivity contribution < 1.29 is 0 Å². The zero-order valence-corrected chi connectivity index (χ0v) is 8.14. The average Bonchev–Trinajstić information content (AvgIpc) is 2.61. The molecule has 3 nitrogen and oxygen atoms in total. The van der Waals surface area contributed by atoms with Gasteiger partial charge in [0, 0.05) is 18.3 Å². The summed E-state index contributed by atoms with van der Waals surface area (Å²) in [5.74, 6) is 0.575. The molecule has 0 amide bonds. The third kappa shape index (κ3) is 1.48. The standard InChI is InChI=1S/C11H13N3/c1-2-14-8-10(13-11(14)12)9-6-4-3-5-7-9/h3-8H,2H2,1H3,(H2,12,13). The lowest BCUT2D eigenvalue weighted by Gasteiger charge is -1.95. The van der Waals surface area contributed by atoms with Crippen LogP contribution < -0.4 is 5.73 Å². The summed E-state index contributed by atoms with van der Waals surface area (Å²) in [4.78, 5) is 4.29. The fraction of sp³-hybridized carbons (Fsp3) is 0.182. The van der Waals surface area contributed by atoms with Crippen molar-refractivity contribution in [1.82, 2.24) is 9.55 Å². The average molecular weight is 187 g/mol. The van der Waals surface area contributed by atoms with E-state index in [0.29, 0.717) is 5.95 Å². The summed E-state index contributed by atoms with van der Waals surface area (Å²) in [5, 5.41) is 0. The lowest BCUT2D eigenvalue weighted by molar-refractivity contribution is 0.774. The van der Waals surface area contributed by atoms with Crippen LogP contribution in [0.1, 0.15) is 6.92 Å². The van der Waals surface area contributed by atoms with Crippen LogP contribution in [0.5, 0.6) is 0 Å². The van der Waals surface area contributed by atoms with Crippen LogP contribution in [0.3, 0.4) is 0 Å². The smallest absolute Gasteiger partial charge is 0.200 e. The Hall–Kier alpha value is -1.77. The quantitative estimate of drug-likeness (QED) is 0.782. The van der Waals surface area contributed by atoms with E-state index in [2.05, 4.69) is 4.98 Å². The summed E-state index contributed by atoms with van der Waals surface area (Å²) in [5.41, 5.74) is 7.78. The molecule has 14 heavy (non-hydrogen) atoms. The molecule has 0 saturated heterocycles.